The first-order chi connectivity index (χ1) is 8.56. The van der Waals surface area contributed by atoms with Crippen LogP contribution >= 0.6 is 0 Å². The first kappa shape index (κ1) is 12.9. The van der Waals surface area contributed by atoms with Gasteiger partial charge in [-0.3, -0.25) is 4.79 Å². The molecular weight excluding hydrogens is 224 g/mol. The third-order valence-electron chi connectivity index (χ3n) is 4.02. The standard InChI is InChI=1S/C16H20O2/c1-12(2)13-7-6-8-14(11-13)16(15(17)18)9-4-3-5-10-16/h6-8,11H,1,3-5,9-10H2,2H3,(H,17,18). The number of hydrogen-bond acceptors (Lipinski definition) is 1. The summed E-state index contributed by atoms with van der Waals surface area (Å²) in [7, 11) is 0. The van der Waals surface area contributed by atoms with Crippen LogP contribution in [0.3, 0.4) is 0 Å². The molecule has 1 fully saturated rings. The van der Waals surface area contributed by atoms with Crippen molar-refractivity contribution in [2.45, 2.75) is 44.4 Å². The molecule has 2 nitrogen and oxygen atoms in total. The number of aliphatic carboxylic acids is 1. The molecule has 2 heteroatoms. The van der Waals surface area contributed by atoms with Crippen molar-refractivity contribution in [1.82, 2.24) is 0 Å². The molecule has 0 unspecified atom stereocenters. The third kappa shape index (κ3) is 2.20. The van der Waals surface area contributed by atoms with Crippen LogP contribution in [0.25, 0.3) is 5.57 Å². The van der Waals surface area contributed by atoms with Gasteiger partial charge < -0.3 is 5.11 Å². The van der Waals surface area contributed by atoms with Crippen LogP contribution in [-0.2, 0) is 10.2 Å². The first-order valence-corrected chi connectivity index (χ1v) is 6.56. The van der Waals surface area contributed by atoms with E-state index in [0.717, 1.165) is 48.8 Å². The van der Waals surface area contributed by atoms with Gasteiger partial charge in [-0.15, -0.1) is 0 Å². The van der Waals surface area contributed by atoms with Gasteiger partial charge in [-0.2, -0.15) is 0 Å². The summed E-state index contributed by atoms with van der Waals surface area (Å²) >= 11 is 0. The van der Waals surface area contributed by atoms with E-state index in [2.05, 4.69) is 6.58 Å². The zero-order valence-electron chi connectivity index (χ0n) is 10.9. The number of hydrogen-bond donors (Lipinski definition) is 1. The molecule has 0 bridgehead atoms. The Morgan fingerprint density at radius 3 is 2.50 bits per heavy atom. The van der Waals surface area contributed by atoms with Crippen molar-refractivity contribution >= 4 is 11.5 Å². The Kier molecular flexibility index (Phi) is 3.55. The Morgan fingerprint density at radius 2 is 1.94 bits per heavy atom. The molecule has 1 N–H and O–H groups in total. The van der Waals surface area contributed by atoms with E-state index < -0.39 is 11.4 Å². The van der Waals surface area contributed by atoms with Crippen molar-refractivity contribution in [3.05, 3.63) is 42.0 Å². The van der Waals surface area contributed by atoms with Gasteiger partial charge in [0, 0.05) is 0 Å². The molecule has 0 aliphatic heterocycles. The number of benzene rings is 1. The summed E-state index contributed by atoms with van der Waals surface area (Å²) < 4.78 is 0. The maximum absolute atomic E-state index is 11.7. The van der Waals surface area contributed by atoms with Crippen molar-refractivity contribution < 1.29 is 9.90 Å². The zero-order chi connectivity index (χ0) is 13.2. The van der Waals surface area contributed by atoms with Gasteiger partial charge in [-0.05, 0) is 30.9 Å². The maximum Gasteiger partial charge on any atom is 0.314 e. The summed E-state index contributed by atoms with van der Waals surface area (Å²) in [4.78, 5) is 11.7. The Bertz CT molecular complexity index is 468. The molecular formula is C16H20O2. The number of carboxylic acid groups (broad SMARTS) is 1. The minimum Gasteiger partial charge on any atom is -0.481 e. The van der Waals surface area contributed by atoms with E-state index in [1.165, 1.54) is 0 Å². The van der Waals surface area contributed by atoms with Crippen molar-refractivity contribution in [3.63, 3.8) is 0 Å². The average Bonchev–Trinajstić information content (AvgIpc) is 2.39. The molecule has 0 atom stereocenters. The van der Waals surface area contributed by atoms with Gasteiger partial charge in [0.15, 0.2) is 0 Å². The second-order valence-electron chi connectivity index (χ2n) is 5.31. The minimum absolute atomic E-state index is 0.677. The minimum atomic E-state index is -0.680. The molecule has 1 aliphatic rings. The third-order valence-corrected chi connectivity index (χ3v) is 4.02. The highest BCUT2D eigenvalue weighted by Crippen LogP contribution is 2.40. The van der Waals surface area contributed by atoms with Gasteiger partial charge in [-0.25, -0.2) is 0 Å². The van der Waals surface area contributed by atoms with Crippen LogP contribution in [0, 0.1) is 0 Å². The van der Waals surface area contributed by atoms with Crippen LogP contribution in [0.5, 0.6) is 0 Å². The highest BCUT2D eigenvalue weighted by atomic mass is 16.4. The summed E-state index contributed by atoms with van der Waals surface area (Å²) in [6.07, 6.45) is 4.66. The van der Waals surface area contributed by atoms with E-state index in [0.29, 0.717) is 0 Å². The highest BCUT2D eigenvalue weighted by molar-refractivity contribution is 5.82. The topological polar surface area (TPSA) is 37.3 Å². The molecule has 0 radical (unpaired) electrons. The smallest absolute Gasteiger partial charge is 0.314 e. The first-order valence-electron chi connectivity index (χ1n) is 6.56. The number of carboxylic acids is 1. The van der Waals surface area contributed by atoms with E-state index in [1.54, 1.807) is 0 Å². The lowest BCUT2D eigenvalue weighted by Crippen LogP contribution is -2.37. The molecule has 0 spiro atoms. The number of carbonyl (C=O) groups is 1. The van der Waals surface area contributed by atoms with Crippen LogP contribution in [0.2, 0.25) is 0 Å². The van der Waals surface area contributed by atoms with Crippen LogP contribution in [-0.4, -0.2) is 11.1 Å². The molecule has 18 heavy (non-hydrogen) atoms. The number of allylic oxidation sites excluding steroid dienone is 1. The van der Waals surface area contributed by atoms with Gasteiger partial charge in [-0.1, -0.05) is 55.7 Å². The van der Waals surface area contributed by atoms with Gasteiger partial charge in [0.25, 0.3) is 0 Å². The fourth-order valence-corrected chi connectivity index (χ4v) is 2.86. The summed E-state index contributed by atoms with van der Waals surface area (Å²) in [6.45, 7) is 5.88. The second kappa shape index (κ2) is 4.97. The zero-order valence-corrected chi connectivity index (χ0v) is 10.9. The van der Waals surface area contributed by atoms with Crippen LogP contribution < -0.4 is 0 Å². The molecule has 0 saturated heterocycles. The van der Waals surface area contributed by atoms with Gasteiger partial charge in [0.1, 0.15) is 0 Å². The molecule has 1 saturated carbocycles. The van der Waals surface area contributed by atoms with Gasteiger partial charge in [0.2, 0.25) is 0 Å². The second-order valence-corrected chi connectivity index (χ2v) is 5.31. The van der Waals surface area contributed by atoms with E-state index >= 15 is 0 Å². The fourth-order valence-electron chi connectivity index (χ4n) is 2.86. The van der Waals surface area contributed by atoms with Crippen LogP contribution in [0.1, 0.15) is 50.2 Å². The summed E-state index contributed by atoms with van der Waals surface area (Å²) in [6, 6.07) is 7.89. The van der Waals surface area contributed by atoms with E-state index in [-0.39, 0.29) is 0 Å². The molecule has 1 aliphatic carbocycles. The molecule has 0 heterocycles. The van der Waals surface area contributed by atoms with Crippen molar-refractivity contribution in [1.29, 1.82) is 0 Å². The number of rotatable bonds is 3. The molecule has 1 aromatic rings. The Labute approximate surface area is 108 Å². The SMILES string of the molecule is C=C(C)c1cccc(C2(C(=O)O)CCCCC2)c1. The van der Waals surface area contributed by atoms with E-state index in [1.807, 2.05) is 31.2 Å². The molecule has 1 aromatic carbocycles. The largest absolute Gasteiger partial charge is 0.481 e. The maximum atomic E-state index is 11.7. The Hall–Kier alpha value is -1.57. The molecule has 2 rings (SSSR count). The fraction of sp³-hybridized carbons (Fsp3) is 0.438. The van der Waals surface area contributed by atoms with Crippen LogP contribution in [0.15, 0.2) is 30.8 Å². The van der Waals surface area contributed by atoms with Crippen molar-refractivity contribution in [3.8, 4) is 0 Å². The predicted molar refractivity (Wildman–Crippen MR) is 73.5 cm³/mol. The highest BCUT2D eigenvalue weighted by Gasteiger charge is 2.41. The van der Waals surface area contributed by atoms with E-state index in [4.69, 9.17) is 0 Å². The average molecular weight is 244 g/mol. The van der Waals surface area contributed by atoms with Gasteiger partial charge >= 0.3 is 5.97 Å². The van der Waals surface area contributed by atoms with Crippen molar-refractivity contribution in [2.75, 3.05) is 0 Å². The van der Waals surface area contributed by atoms with Crippen LogP contribution in [0.4, 0.5) is 0 Å². The summed E-state index contributed by atoms with van der Waals surface area (Å²) in [5, 5.41) is 9.65. The lowest BCUT2D eigenvalue weighted by Gasteiger charge is -2.34. The lowest BCUT2D eigenvalue weighted by atomic mass is 9.69. The van der Waals surface area contributed by atoms with E-state index in [9.17, 15) is 9.90 Å². The quantitative estimate of drug-likeness (QED) is 0.872. The molecule has 96 valence electrons. The molecule has 0 aromatic heterocycles. The Balaban J connectivity index is 2.45. The lowest BCUT2D eigenvalue weighted by molar-refractivity contribution is -0.145. The molecule has 0 amide bonds. The predicted octanol–water partition coefficient (Wildman–Crippen LogP) is 4.01. The Morgan fingerprint density at radius 1 is 1.28 bits per heavy atom. The van der Waals surface area contributed by atoms with Crippen molar-refractivity contribution in [2.24, 2.45) is 0 Å². The summed E-state index contributed by atoms with van der Waals surface area (Å²) in [5.41, 5.74) is 2.28. The monoisotopic (exact) mass is 244 g/mol. The normalized spacial score (nSPS) is 18.3. The summed E-state index contributed by atoms with van der Waals surface area (Å²) in [5.74, 6) is -0.680. The van der Waals surface area contributed by atoms with Gasteiger partial charge in [0.05, 0.1) is 5.41 Å².